The van der Waals surface area contributed by atoms with Gasteiger partial charge in [-0.1, -0.05) is 32.1 Å². The summed E-state index contributed by atoms with van der Waals surface area (Å²) < 4.78 is 33.3. The highest BCUT2D eigenvalue weighted by atomic mass is 32.2. The monoisotopic (exact) mass is 408 g/mol. The molecule has 2 aliphatic heterocycles. The standard InChI is InChI=1S/C21H32N2O4S/c1-27-20-12-11-18(28(25,26)23-15-9-5-6-10-16-23)17-19(20)21(24)22-13-7-3-2-4-8-14-22/h11-12,17H,2-10,13-16H2,1H3. The molecule has 0 aromatic heterocycles. The Kier molecular flexibility index (Phi) is 7.35. The Morgan fingerprint density at radius 1 is 0.857 bits per heavy atom. The van der Waals surface area contributed by atoms with Gasteiger partial charge in [-0.05, 0) is 43.9 Å². The fraction of sp³-hybridized carbons (Fsp3) is 0.667. The highest BCUT2D eigenvalue weighted by molar-refractivity contribution is 7.89. The molecule has 0 bridgehead atoms. The molecule has 1 aromatic carbocycles. The number of amides is 1. The van der Waals surface area contributed by atoms with E-state index in [9.17, 15) is 13.2 Å². The van der Waals surface area contributed by atoms with Gasteiger partial charge in [-0.15, -0.1) is 0 Å². The van der Waals surface area contributed by atoms with Crippen LogP contribution in [0.15, 0.2) is 23.1 Å². The van der Waals surface area contributed by atoms with Crippen LogP contribution in [-0.4, -0.2) is 56.8 Å². The highest BCUT2D eigenvalue weighted by Gasteiger charge is 2.28. The quantitative estimate of drug-likeness (QED) is 0.762. The second-order valence-electron chi connectivity index (χ2n) is 7.74. The molecule has 0 unspecified atom stereocenters. The van der Waals surface area contributed by atoms with E-state index >= 15 is 0 Å². The molecule has 2 aliphatic rings. The molecule has 1 amide bonds. The van der Waals surface area contributed by atoms with Crippen LogP contribution in [0, 0.1) is 0 Å². The van der Waals surface area contributed by atoms with Crippen LogP contribution in [0.25, 0.3) is 0 Å². The van der Waals surface area contributed by atoms with Crippen LogP contribution in [0.5, 0.6) is 5.75 Å². The third-order valence-electron chi connectivity index (χ3n) is 5.75. The van der Waals surface area contributed by atoms with Crippen molar-refractivity contribution in [3.8, 4) is 5.75 Å². The first-order valence-corrected chi connectivity index (χ1v) is 12.0. The van der Waals surface area contributed by atoms with Crippen LogP contribution in [-0.2, 0) is 10.0 Å². The van der Waals surface area contributed by atoms with Crippen LogP contribution < -0.4 is 4.74 Å². The summed E-state index contributed by atoms with van der Waals surface area (Å²) in [5.74, 6) is 0.300. The molecule has 6 nitrogen and oxygen atoms in total. The van der Waals surface area contributed by atoms with Crippen LogP contribution in [0.1, 0.15) is 68.1 Å². The van der Waals surface area contributed by atoms with Gasteiger partial charge in [0.15, 0.2) is 0 Å². The molecule has 3 rings (SSSR count). The van der Waals surface area contributed by atoms with E-state index in [1.54, 1.807) is 16.4 Å². The number of carbonyl (C=O) groups excluding carboxylic acids is 1. The molecule has 28 heavy (non-hydrogen) atoms. The Balaban J connectivity index is 1.89. The zero-order valence-corrected chi connectivity index (χ0v) is 17.7. The topological polar surface area (TPSA) is 66.9 Å². The van der Waals surface area contributed by atoms with E-state index in [2.05, 4.69) is 0 Å². The van der Waals surface area contributed by atoms with Crippen molar-refractivity contribution in [1.82, 2.24) is 9.21 Å². The Morgan fingerprint density at radius 2 is 1.39 bits per heavy atom. The van der Waals surface area contributed by atoms with Crippen molar-refractivity contribution < 1.29 is 17.9 Å². The van der Waals surface area contributed by atoms with E-state index in [-0.39, 0.29) is 10.8 Å². The van der Waals surface area contributed by atoms with Gasteiger partial charge in [0, 0.05) is 26.2 Å². The van der Waals surface area contributed by atoms with Crippen LogP contribution >= 0.6 is 0 Å². The molecule has 156 valence electrons. The molecule has 0 saturated carbocycles. The van der Waals surface area contributed by atoms with Gasteiger partial charge >= 0.3 is 0 Å². The fourth-order valence-corrected chi connectivity index (χ4v) is 5.61. The predicted molar refractivity (Wildman–Crippen MR) is 109 cm³/mol. The first-order valence-electron chi connectivity index (χ1n) is 10.5. The van der Waals surface area contributed by atoms with Crippen LogP contribution in [0.3, 0.4) is 0 Å². The number of likely N-dealkylation sites (tertiary alicyclic amines) is 1. The number of carbonyl (C=O) groups is 1. The van der Waals surface area contributed by atoms with Gasteiger partial charge in [-0.2, -0.15) is 4.31 Å². The first kappa shape index (κ1) is 21.1. The van der Waals surface area contributed by atoms with Crippen molar-refractivity contribution in [3.63, 3.8) is 0 Å². The molecule has 0 radical (unpaired) electrons. The maximum absolute atomic E-state index is 13.2. The molecule has 0 atom stereocenters. The number of rotatable bonds is 4. The van der Waals surface area contributed by atoms with Crippen molar-refractivity contribution >= 4 is 15.9 Å². The number of hydrogen-bond donors (Lipinski definition) is 0. The number of hydrogen-bond acceptors (Lipinski definition) is 4. The number of methoxy groups -OCH3 is 1. The van der Waals surface area contributed by atoms with E-state index in [0.717, 1.165) is 51.4 Å². The van der Waals surface area contributed by atoms with Gasteiger partial charge in [-0.3, -0.25) is 4.79 Å². The summed E-state index contributed by atoms with van der Waals surface area (Å²) in [7, 11) is -2.09. The SMILES string of the molecule is COc1ccc(S(=O)(=O)N2CCCCCC2)cc1C(=O)N1CCCCCCC1. The van der Waals surface area contributed by atoms with Crippen molar-refractivity contribution in [2.75, 3.05) is 33.3 Å². The smallest absolute Gasteiger partial charge is 0.257 e. The minimum Gasteiger partial charge on any atom is -0.496 e. The lowest BCUT2D eigenvalue weighted by Crippen LogP contribution is -2.35. The average molecular weight is 409 g/mol. The van der Waals surface area contributed by atoms with E-state index in [1.165, 1.54) is 19.6 Å². The average Bonchev–Trinajstić information content (AvgIpc) is 2.97. The fourth-order valence-electron chi connectivity index (χ4n) is 4.07. The molecule has 0 N–H and O–H groups in total. The lowest BCUT2D eigenvalue weighted by molar-refractivity contribution is 0.0738. The second kappa shape index (κ2) is 9.74. The van der Waals surface area contributed by atoms with Crippen molar-refractivity contribution in [2.24, 2.45) is 0 Å². The third-order valence-corrected chi connectivity index (χ3v) is 7.64. The van der Waals surface area contributed by atoms with Crippen molar-refractivity contribution in [1.29, 1.82) is 0 Å². The lowest BCUT2D eigenvalue weighted by Gasteiger charge is -2.26. The van der Waals surface area contributed by atoms with Gasteiger partial charge in [0.05, 0.1) is 17.6 Å². The van der Waals surface area contributed by atoms with E-state index in [4.69, 9.17) is 4.74 Å². The Morgan fingerprint density at radius 3 is 1.96 bits per heavy atom. The Labute approximate surface area is 168 Å². The minimum absolute atomic E-state index is 0.133. The van der Waals surface area contributed by atoms with Gasteiger partial charge < -0.3 is 9.64 Å². The maximum atomic E-state index is 13.2. The highest BCUT2D eigenvalue weighted by Crippen LogP contribution is 2.28. The molecule has 1 aromatic rings. The number of sulfonamides is 1. The van der Waals surface area contributed by atoms with Gasteiger partial charge in [0.25, 0.3) is 5.91 Å². The molecule has 0 spiro atoms. The van der Waals surface area contributed by atoms with Crippen molar-refractivity contribution in [3.05, 3.63) is 23.8 Å². The van der Waals surface area contributed by atoms with Gasteiger partial charge in [-0.25, -0.2) is 8.42 Å². The zero-order valence-electron chi connectivity index (χ0n) is 16.9. The summed E-state index contributed by atoms with van der Waals surface area (Å²) in [5, 5.41) is 0. The number of benzene rings is 1. The molecular weight excluding hydrogens is 376 g/mol. The third kappa shape index (κ3) is 4.87. The van der Waals surface area contributed by atoms with Crippen LogP contribution in [0.4, 0.5) is 0 Å². The first-order chi connectivity index (χ1) is 13.5. The maximum Gasteiger partial charge on any atom is 0.257 e. The summed E-state index contributed by atoms with van der Waals surface area (Å²) in [6.07, 6.45) is 9.34. The largest absolute Gasteiger partial charge is 0.496 e. The zero-order chi connectivity index (χ0) is 20.0. The van der Waals surface area contributed by atoms with Gasteiger partial charge in [0.1, 0.15) is 5.75 Å². The molecule has 7 heteroatoms. The summed E-state index contributed by atoms with van der Waals surface area (Å²) in [6, 6.07) is 4.69. The van der Waals surface area contributed by atoms with E-state index < -0.39 is 10.0 Å². The molecule has 0 aliphatic carbocycles. The summed E-state index contributed by atoms with van der Waals surface area (Å²) >= 11 is 0. The number of ether oxygens (including phenoxy) is 1. The second-order valence-corrected chi connectivity index (χ2v) is 9.68. The van der Waals surface area contributed by atoms with Gasteiger partial charge in [0.2, 0.25) is 10.0 Å². The number of nitrogens with zero attached hydrogens (tertiary/aromatic N) is 2. The summed E-state index contributed by atoms with van der Waals surface area (Å²) in [4.78, 5) is 15.2. The lowest BCUT2D eigenvalue weighted by atomic mass is 10.1. The molecule has 2 saturated heterocycles. The van der Waals surface area contributed by atoms with E-state index in [1.807, 2.05) is 4.90 Å². The predicted octanol–water partition coefficient (Wildman–Crippen LogP) is 3.67. The Bertz CT molecular complexity index is 763. The molecule has 2 heterocycles. The van der Waals surface area contributed by atoms with Crippen LogP contribution in [0.2, 0.25) is 0 Å². The summed E-state index contributed by atoms with van der Waals surface area (Å²) in [5.41, 5.74) is 0.346. The molecule has 2 fully saturated rings. The summed E-state index contributed by atoms with van der Waals surface area (Å²) in [6.45, 7) is 2.52. The minimum atomic E-state index is -3.60. The van der Waals surface area contributed by atoms with Crippen molar-refractivity contribution in [2.45, 2.75) is 62.7 Å². The Hall–Kier alpha value is -1.60. The van der Waals surface area contributed by atoms with E-state index in [0.29, 0.717) is 37.5 Å². The normalized spacial score (nSPS) is 20.1. The molecular formula is C21H32N2O4S.